The normalized spacial score (nSPS) is 21.9. The molecule has 5 heteroatoms. The fourth-order valence-corrected chi connectivity index (χ4v) is 2.25. The molecule has 0 saturated carbocycles. The largest absolute Gasteiger partial charge is 0.495 e. The Labute approximate surface area is 113 Å². The van der Waals surface area contributed by atoms with Crippen molar-refractivity contribution in [1.29, 1.82) is 0 Å². The second-order valence-corrected chi connectivity index (χ2v) is 6.21. The number of halogens is 1. The Morgan fingerprint density at radius 3 is 2.12 bits per heavy atom. The molecule has 2 rings (SSSR count). The van der Waals surface area contributed by atoms with Crippen molar-refractivity contribution in [2.45, 2.75) is 43.8 Å². The van der Waals surface area contributed by atoms with Gasteiger partial charge in [-0.3, -0.25) is 0 Å². The van der Waals surface area contributed by atoms with Crippen molar-refractivity contribution in [1.82, 2.24) is 0 Å². The van der Waals surface area contributed by atoms with Crippen molar-refractivity contribution >= 4 is 36.8 Å². The maximum absolute atomic E-state index is 5.96. The molecule has 1 aromatic carbocycles. The summed E-state index contributed by atoms with van der Waals surface area (Å²) in [6.07, 6.45) is 0. The summed E-state index contributed by atoms with van der Waals surface area (Å²) in [5.41, 5.74) is 0.242. The molecule has 1 aliphatic heterocycles. The summed E-state index contributed by atoms with van der Waals surface area (Å²) in [4.78, 5) is 0.788. The zero-order valence-corrected chi connectivity index (χ0v) is 12.1. The van der Waals surface area contributed by atoms with E-state index < -0.39 is 0 Å². The molecular weight excluding hydrogens is 254 g/mol. The average molecular weight is 271 g/mol. The highest BCUT2D eigenvalue weighted by molar-refractivity contribution is 7.80. The molecule has 0 aromatic heterocycles. The molecule has 17 heavy (non-hydrogen) atoms. The van der Waals surface area contributed by atoms with Crippen molar-refractivity contribution in [2.24, 2.45) is 0 Å². The van der Waals surface area contributed by atoms with Gasteiger partial charge < -0.3 is 9.31 Å². The molecule has 0 bridgehead atoms. The zero-order chi connectivity index (χ0) is 12.8. The molecule has 92 valence electrons. The van der Waals surface area contributed by atoms with Crippen LogP contribution in [0.15, 0.2) is 23.1 Å². The summed E-state index contributed by atoms with van der Waals surface area (Å²) in [7, 11) is -0.384. The fraction of sp³-hybridized carbons (Fsp3) is 0.500. The summed E-state index contributed by atoms with van der Waals surface area (Å²) in [6.45, 7) is 8.12. The fourth-order valence-electron chi connectivity index (χ4n) is 1.69. The van der Waals surface area contributed by atoms with Crippen molar-refractivity contribution in [3.63, 3.8) is 0 Å². The third kappa shape index (κ3) is 2.36. The molecule has 0 N–H and O–H groups in total. The van der Waals surface area contributed by atoms with Crippen LogP contribution < -0.4 is 5.46 Å². The lowest BCUT2D eigenvalue weighted by atomic mass is 9.79. The van der Waals surface area contributed by atoms with E-state index in [1.807, 2.05) is 39.8 Å². The molecule has 0 amide bonds. The second-order valence-electron chi connectivity index (χ2n) is 5.29. The molecule has 0 radical (unpaired) electrons. The van der Waals surface area contributed by atoms with Crippen LogP contribution in [0.1, 0.15) is 27.7 Å². The van der Waals surface area contributed by atoms with E-state index in [1.165, 1.54) is 0 Å². The summed E-state index contributed by atoms with van der Waals surface area (Å²) in [6, 6.07) is 5.51. The molecule has 0 aliphatic carbocycles. The molecule has 0 unspecified atom stereocenters. The van der Waals surface area contributed by atoms with Crippen LogP contribution >= 0.6 is 24.2 Å². The predicted octanol–water partition coefficient (Wildman–Crippen LogP) is 2.93. The Morgan fingerprint density at radius 1 is 1.12 bits per heavy atom. The van der Waals surface area contributed by atoms with Gasteiger partial charge in [0.15, 0.2) is 0 Å². The molecular formula is C12H16BClO2S. The molecule has 1 heterocycles. The lowest BCUT2D eigenvalue weighted by molar-refractivity contribution is 0.00578. The Bertz CT molecular complexity index is 432. The molecule has 1 aliphatic rings. The molecule has 1 fully saturated rings. The van der Waals surface area contributed by atoms with Gasteiger partial charge in [-0.05, 0) is 45.3 Å². The van der Waals surface area contributed by atoms with Crippen molar-refractivity contribution in [2.75, 3.05) is 0 Å². The highest BCUT2D eigenvalue weighted by atomic mass is 35.5. The number of hydrogen-bond donors (Lipinski definition) is 1. The number of benzene rings is 1. The summed E-state index contributed by atoms with van der Waals surface area (Å²) in [5.74, 6) is 0. The Hall–Kier alpha value is -0.155. The van der Waals surface area contributed by atoms with Gasteiger partial charge in [-0.15, -0.1) is 12.6 Å². The minimum absolute atomic E-state index is 0.336. The molecule has 2 nitrogen and oxygen atoms in total. The van der Waals surface area contributed by atoms with Gasteiger partial charge in [0.05, 0.1) is 11.2 Å². The lowest BCUT2D eigenvalue weighted by Crippen LogP contribution is -2.41. The Kier molecular flexibility index (Phi) is 3.28. The highest BCUT2D eigenvalue weighted by Crippen LogP contribution is 2.36. The summed E-state index contributed by atoms with van der Waals surface area (Å²) < 4.78 is 11.9. The third-order valence-corrected chi connectivity index (χ3v) is 4.12. The first-order valence-electron chi connectivity index (χ1n) is 5.57. The first kappa shape index (κ1) is 13.3. The van der Waals surface area contributed by atoms with Gasteiger partial charge in [0.25, 0.3) is 0 Å². The van der Waals surface area contributed by atoms with Crippen LogP contribution in [0.25, 0.3) is 0 Å². The van der Waals surface area contributed by atoms with E-state index in [9.17, 15) is 0 Å². The standard InChI is InChI=1S/C12H16BClO2S/c1-11(2)12(3,4)16-13(15-11)9-6-5-8(14)7-10(9)17/h5-7,17H,1-4H3. The number of thiol groups is 1. The number of hydrogen-bond acceptors (Lipinski definition) is 3. The van der Waals surface area contributed by atoms with Crippen molar-refractivity contribution in [3.8, 4) is 0 Å². The van der Waals surface area contributed by atoms with Crippen LogP contribution in [0.2, 0.25) is 5.02 Å². The highest BCUT2D eigenvalue weighted by Gasteiger charge is 2.52. The van der Waals surface area contributed by atoms with Crippen LogP contribution in [0.4, 0.5) is 0 Å². The molecule has 0 atom stereocenters. The molecule has 0 spiro atoms. The minimum Gasteiger partial charge on any atom is -0.399 e. The van der Waals surface area contributed by atoms with Gasteiger partial charge in [0, 0.05) is 9.92 Å². The maximum Gasteiger partial charge on any atom is 0.495 e. The quantitative estimate of drug-likeness (QED) is 0.625. The van der Waals surface area contributed by atoms with E-state index in [0.717, 1.165) is 10.4 Å². The lowest BCUT2D eigenvalue weighted by Gasteiger charge is -2.32. The topological polar surface area (TPSA) is 18.5 Å². The molecule has 1 aromatic rings. The zero-order valence-electron chi connectivity index (χ0n) is 10.5. The SMILES string of the molecule is CC1(C)OB(c2ccc(Cl)cc2S)OC1(C)C. The van der Waals surface area contributed by atoms with E-state index in [0.29, 0.717) is 5.02 Å². The average Bonchev–Trinajstić information content (AvgIpc) is 2.35. The van der Waals surface area contributed by atoms with Crippen LogP contribution in [0, 0.1) is 0 Å². The van der Waals surface area contributed by atoms with Crippen LogP contribution in [-0.4, -0.2) is 18.3 Å². The van der Waals surface area contributed by atoms with Gasteiger partial charge in [0.2, 0.25) is 0 Å². The van der Waals surface area contributed by atoms with E-state index in [-0.39, 0.29) is 18.3 Å². The second kappa shape index (κ2) is 4.20. The van der Waals surface area contributed by atoms with Gasteiger partial charge in [-0.2, -0.15) is 0 Å². The van der Waals surface area contributed by atoms with Gasteiger partial charge in [0.1, 0.15) is 0 Å². The van der Waals surface area contributed by atoms with E-state index in [2.05, 4.69) is 12.6 Å². The first-order chi connectivity index (χ1) is 7.73. The van der Waals surface area contributed by atoms with Crippen molar-refractivity contribution < 1.29 is 9.31 Å². The van der Waals surface area contributed by atoms with E-state index in [4.69, 9.17) is 20.9 Å². The summed E-state index contributed by atoms with van der Waals surface area (Å²) in [5, 5.41) is 0.662. The summed E-state index contributed by atoms with van der Waals surface area (Å²) >= 11 is 10.3. The van der Waals surface area contributed by atoms with E-state index in [1.54, 1.807) is 6.07 Å². The van der Waals surface area contributed by atoms with Crippen LogP contribution in [0.3, 0.4) is 0 Å². The third-order valence-electron chi connectivity index (χ3n) is 3.50. The predicted molar refractivity (Wildman–Crippen MR) is 74.4 cm³/mol. The Balaban J connectivity index is 2.32. The smallest absolute Gasteiger partial charge is 0.399 e. The van der Waals surface area contributed by atoms with Crippen molar-refractivity contribution in [3.05, 3.63) is 23.2 Å². The van der Waals surface area contributed by atoms with Gasteiger partial charge in [-0.1, -0.05) is 17.7 Å². The monoisotopic (exact) mass is 270 g/mol. The number of rotatable bonds is 1. The Morgan fingerprint density at radius 2 is 1.65 bits per heavy atom. The van der Waals surface area contributed by atoms with E-state index >= 15 is 0 Å². The first-order valence-corrected chi connectivity index (χ1v) is 6.39. The van der Waals surface area contributed by atoms with Gasteiger partial charge >= 0.3 is 7.12 Å². The minimum atomic E-state index is -0.384. The van der Waals surface area contributed by atoms with Gasteiger partial charge in [-0.25, -0.2) is 0 Å². The maximum atomic E-state index is 5.96. The molecule has 1 saturated heterocycles. The van der Waals surface area contributed by atoms with Crippen LogP contribution in [0.5, 0.6) is 0 Å². The van der Waals surface area contributed by atoms with Crippen LogP contribution in [-0.2, 0) is 9.31 Å².